The average molecular weight is 418 g/mol. The highest BCUT2D eigenvalue weighted by molar-refractivity contribution is 5.80. The van der Waals surface area contributed by atoms with Gasteiger partial charge in [0.05, 0.1) is 19.3 Å². The third-order valence-corrected chi connectivity index (χ3v) is 4.50. The van der Waals surface area contributed by atoms with Gasteiger partial charge in [0, 0.05) is 25.9 Å². The number of aromatic nitrogens is 2. The van der Waals surface area contributed by atoms with Crippen LogP contribution in [0.3, 0.4) is 0 Å². The Hall–Kier alpha value is -2.77. The van der Waals surface area contributed by atoms with E-state index in [1.54, 1.807) is 7.05 Å². The van der Waals surface area contributed by atoms with Crippen molar-refractivity contribution in [3.63, 3.8) is 0 Å². The lowest BCUT2D eigenvalue weighted by atomic mass is 10.1. The molecule has 0 aliphatic heterocycles. The summed E-state index contributed by atoms with van der Waals surface area (Å²) < 4.78 is 16.7. The van der Waals surface area contributed by atoms with E-state index in [-0.39, 0.29) is 12.0 Å². The minimum Gasteiger partial charge on any atom is -0.490 e. The summed E-state index contributed by atoms with van der Waals surface area (Å²) in [5.41, 5.74) is 1.09. The lowest BCUT2D eigenvalue weighted by Gasteiger charge is -2.20. The van der Waals surface area contributed by atoms with Crippen molar-refractivity contribution in [2.75, 3.05) is 26.8 Å². The summed E-state index contributed by atoms with van der Waals surface area (Å²) in [5, 5.41) is 10.7. The molecule has 0 saturated carbocycles. The molecule has 1 unspecified atom stereocenters. The van der Waals surface area contributed by atoms with Crippen LogP contribution < -0.4 is 20.1 Å². The molecule has 0 aliphatic carbocycles. The summed E-state index contributed by atoms with van der Waals surface area (Å²) in [6.45, 7) is 12.1. The quantitative estimate of drug-likeness (QED) is 0.326. The van der Waals surface area contributed by atoms with Gasteiger partial charge in [0.1, 0.15) is 0 Å². The molecule has 0 amide bonds. The maximum Gasteiger partial charge on any atom is 0.226 e. The third kappa shape index (κ3) is 6.93. The molecule has 0 saturated heterocycles. The Kier molecular flexibility index (Phi) is 9.44. The number of rotatable bonds is 11. The van der Waals surface area contributed by atoms with Gasteiger partial charge < -0.3 is 24.6 Å². The molecule has 1 atom stereocenters. The fraction of sp³-hybridized carbons (Fsp3) is 0.591. The fourth-order valence-electron chi connectivity index (χ4n) is 2.87. The number of ether oxygens (including phenoxy) is 2. The minimum atomic E-state index is 0.0515. The highest BCUT2D eigenvalue weighted by Crippen LogP contribution is 2.30. The van der Waals surface area contributed by atoms with E-state index in [0.717, 1.165) is 48.2 Å². The van der Waals surface area contributed by atoms with Gasteiger partial charge in [0.15, 0.2) is 23.3 Å². The van der Waals surface area contributed by atoms with Crippen LogP contribution >= 0.6 is 0 Å². The number of aryl methyl sites for hydroxylation is 1. The molecule has 2 rings (SSSR count). The highest BCUT2D eigenvalue weighted by atomic mass is 16.5. The Labute approximate surface area is 179 Å². The van der Waals surface area contributed by atoms with Crippen LogP contribution in [0.1, 0.15) is 70.3 Å². The number of hydrogen-bond donors (Lipinski definition) is 2. The smallest absolute Gasteiger partial charge is 0.226 e. The Bertz CT molecular complexity index is 804. The van der Waals surface area contributed by atoms with Crippen LogP contribution in [0.15, 0.2) is 27.7 Å². The number of nitrogens with one attached hydrogen (secondary N) is 2. The first-order chi connectivity index (χ1) is 14.5. The zero-order valence-electron chi connectivity index (χ0n) is 19.0. The first kappa shape index (κ1) is 23.5. The van der Waals surface area contributed by atoms with E-state index in [2.05, 4.69) is 46.5 Å². The Morgan fingerprint density at radius 1 is 1.13 bits per heavy atom. The van der Waals surface area contributed by atoms with E-state index in [9.17, 15) is 0 Å². The summed E-state index contributed by atoms with van der Waals surface area (Å²) in [4.78, 5) is 8.72. The Morgan fingerprint density at radius 3 is 2.50 bits per heavy atom. The number of aliphatic imine (C=N–C) groups is 1. The number of benzene rings is 1. The van der Waals surface area contributed by atoms with Crippen molar-refractivity contribution in [3.05, 3.63) is 35.5 Å². The van der Waals surface area contributed by atoms with E-state index in [4.69, 9.17) is 14.0 Å². The van der Waals surface area contributed by atoms with Crippen LogP contribution in [0.25, 0.3) is 0 Å². The summed E-state index contributed by atoms with van der Waals surface area (Å²) in [7, 11) is 1.76. The normalized spacial score (nSPS) is 12.7. The molecule has 0 fully saturated rings. The Morgan fingerprint density at radius 2 is 1.87 bits per heavy atom. The zero-order chi connectivity index (χ0) is 21.9. The van der Waals surface area contributed by atoms with Gasteiger partial charge in [-0.25, -0.2) is 0 Å². The number of nitrogens with zero attached hydrogens (tertiary/aromatic N) is 3. The maximum atomic E-state index is 5.73. The van der Waals surface area contributed by atoms with Gasteiger partial charge in [0.2, 0.25) is 5.89 Å². The molecule has 0 aliphatic rings. The van der Waals surface area contributed by atoms with Gasteiger partial charge >= 0.3 is 0 Å². The van der Waals surface area contributed by atoms with Gasteiger partial charge in [-0.3, -0.25) is 4.99 Å². The molecule has 1 aromatic heterocycles. The summed E-state index contributed by atoms with van der Waals surface area (Å²) in [5.74, 6) is 3.97. The SMILES string of the molecule is CCOc1ccc(C(C)NC(=NC)NCCCc2nc(C(C)C)no2)cc1OCC. The molecule has 0 bridgehead atoms. The van der Waals surface area contributed by atoms with Crippen molar-refractivity contribution in [1.29, 1.82) is 0 Å². The zero-order valence-corrected chi connectivity index (χ0v) is 19.0. The van der Waals surface area contributed by atoms with Crippen molar-refractivity contribution < 1.29 is 14.0 Å². The van der Waals surface area contributed by atoms with E-state index >= 15 is 0 Å². The molecule has 1 heterocycles. The topological polar surface area (TPSA) is 93.8 Å². The lowest BCUT2D eigenvalue weighted by molar-refractivity contribution is 0.287. The van der Waals surface area contributed by atoms with Gasteiger partial charge in [-0.2, -0.15) is 4.98 Å². The molecule has 8 nitrogen and oxygen atoms in total. The molecule has 0 radical (unpaired) electrons. The highest BCUT2D eigenvalue weighted by Gasteiger charge is 2.13. The summed E-state index contributed by atoms with van der Waals surface area (Å²) in [6.07, 6.45) is 1.60. The van der Waals surface area contributed by atoms with Gasteiger partial charge in [-0.1, -0.05) is 25.1 Å². The molecule has 1 aromatic carbocycles. The standard InChI is InChI=1S/C22H35N5O3/c1-7-28-18-12-11-17(14-19(18)29-8-2)16(5)25-22(23-6)24-13-9-10-20-26-21(15(3)4)27-30-20/h11-12,14-16H,7-10,13H2,1-6H3,(H2,23,24,25). The minimum absolute atomic E-state index is 0.0515. The maximum absolute atomic E-state index is 5.73. The van der Waals surface area contributed by atoms with Gasteiger partial charge in [0.25, 0.3) is 0 Å². The molecule has 30 heavy (non-hydrogen) atoms. The molecular formula is C22H35N5O3. The van der Waals surface area contributed by atoms with E-state index in [1.165, 1.54) is 0 Å². The predicted octanol–water partition coefficient (Wildman–Crippen LogP) is 3.85. The number of hydrogen-bond acceptors (Lipinski definition) is 6. The van der Waals surface area contributed by atoms with Crippen LogP contribution in [0.5, 0.6) is 11.5 Å². The van der Waals surface area contributed by atoms with Crippen molar-refractivity contribution >= 4 is 5.96 Å². The molecule has 166 valence electrons. The molecule has 2 N–H and O–H groups in total. The molecule has 0 spiro atoms. The van der Waals surface area contributed by atoms with Crippen LogP contribution in [-0.2, 0) is 6.42 Å². The summed E-state index contributed by atoms with van der Waals surface area (Å²) >= 11 is 0. The van der Waals surface area contributed by atoms with Crippen molar-refractivity contribution in [3.8, 4) is 11.5 Å². The van der Waals surface area contributed by atoms with Crippen molar-refractivity contribution in [1.82, 2.24) is 20.8 Å². The number of guanidine groups is 1. The molecular weight excluding hydrogens is 382 g/mol. The second kappa shape index (κ2) is 12.0. The van der Waals surface area contributed by atoms with E-state index in [0.29, 0.717) is 19.1 Å². The van der Waals surface area contributed by atoms with Gasteiger partial charge in [-0.15, -0.1) is 0 Å². The molecule has 2 aromatic rings. The van der Waals surface area contributed by atoms with Crippen LogP contribution in [0.2, 0.25) is 0 Å². The average Bonchev–Trinajstić information content (AvgIpc) is 3.21. The third-order valence-electron chi connectivity index (χ3n) is 4.50. The first-order valence-electron chi connectivity index (χ1n) is 10.7. The van der Waals surface area contributed by atoms with Crippen molar-refractivity contribution in [2.24, 2.45) is 4.99 Å². The summed E-state index contributed by atoms with van der Waals surface area (Å²) in [6, 6.07) is 6.06. The second-order valence-corrected chi connectivity index (χ2v) is 7.24. The van der Waals surface area contributed by atoms with Crippen molar-refractivity contribution in [2.45, 2.75) is 59.4 Å². The first-order valence-corrected chi connectivity index (χ1v) is 10.7. The van der Waals surface area contributed by atoms with Crippen LogP contribution in [0, 0.1) is 0 Å². The second-order valence-electron chi connectivity index (χ2n) is 7.24. The Balaban J connectivity index is 1.86. The van der Waals surface area contributed by atoms with Crippen LogP contribution in [-0.4, -0.2) is 42.9 Å². The largest absolute Gasteiger partial charge is 0.490 e. The fourth-order valence-corrected chi connectivity index (χ4v) is 2.87. The monoisotopic (exact) mass is 417 g/mol. The molecule has 8 heteroatoms. The van der Waals surface area contributed by atoms with Gasteiger partial charge in [-0.05, 0) is 44.9 Å². The van der Waals surface area contributed by atoms with Crippen LogP contribution in [0.4, 0.5) is 0 Å². The van der Waals surface area contributed by atoms with E-state index < -0.39 is 0 Å². The van der Waals surface area contributed by atoms with E-state index in [1.807, 2.05) is 32.0 Å². The lowest BCUT2D eigenvalue weighted by Crippen LogP contribution is -2.39. The predicted molar refractivity (Wildman–Crippen MR) is 118 cm³/mol.